The molecule has 108 valence electrons. The second-order valence-electron chi connectivity index (χ2n) is 4.52. The summed E-state index contributed by atoms with van der Waals surface area (Å²) in [4.78, 5) is 4.26. The molecule has 0 atom stereocenters. The van der Waals surface area contributed by atoms with E-state index in [1.807, 2.05) is 6.92 Å². The molecule has 0 aromatic carbocycles. The molecule has 0 saturated heterocycles. The molecule has 0 amide bonds. The minimum atomic E-state index is -3.67. The van der Waals surface area contributed by atoms with Crippen molar-refractivity contribution in [1.82, 2.24) is 13.9 Å². The zero-order chi connectivity index (χ0) is 14.8. The van der Waals surface area contributed by atoms with E-state index in [0.29, 0.717) is 12.4 Å². The van der Waals surface area contributed by atoms with Gasteiger partial charge >= 0.3 is 0 Å². The summed E-state index contributed by atoms with van der Waals surface area (Å²) in [5, 5.41) is 0.0387. The molecule has 1 aromatic rings. The van der Waals surface area contributed by atoms with Gasteiger partial charge in [-0.3, -0.25) is 0 Å². The fraction of sp³-hybridized carbons (Fsp3) is 0.636. The van der Waals surface area contributed by atoms with Crippen molar-refractivity contribution in [2.45, 2.75) is 45.3 Å². The third-order valence-corrected chi connectivity index (χ3v) is 4.78. The largest absolute Gasteiger partial charge is 0.392 e. The lowest BCUT2D eigenvalue weighted by atomic mass is 10.4. The molecule has 0 bridgehead atoms. The van der Waals surface area contributed by atoms with E-state index >= 15 is 0 Å². The number of hydrogen-bond donors (Lipinski definition) is 1. The highest BCUT2D eigenvalue weighted by Gasteiger charge is 2.30. The zero-order valence-corrected chi connectivity index (χ0v) is 13.3. The second-order valence-corrected chi connectivity index (χ2v) is 6.88. The van der Waals surface area contributed by atoms with Crippen molar-refractivity contribution >= 4 is 27.2 Å². The molecule has 1 heterocycles. The van der Waals surface area contributed by atoms with Gasteiger partial charge in [0, 0.05) is 18.8 Å². The first-order valence-electron chi connectivity index (χ1n) is 6.04. The predicted octanol–water partition coefficient (Wildman–Crippen LogP) is 0.897. The lowest BCUT2D eigenvalue weighted by Crippen LogP contribution is -2.42. The maximum atomic E-state index is 12.5. The number of imidazole rings is 1. The molecule has 0 aliphatic heterocycles. The van der Waals surface area contributed by atoms with Crippen LogP contribution in [0.4, 0.5) is 0 Å². The maximum Gasteiger partial charge on any atom is 0.262 e. The Morgan fingerprint density at radius 2 is 2.16 bits per heavy atom. The molecular weight excluding hydrogens is 284 g/mol. The number of nitrogens with two attached hydrogens (primary N) is 1. The molecule has 19 heavy (non-hydrogen) atoms. The molecular formula is C11H20N4O2S2. The van der Waals surface area contributed by atoms with E-state index in [-0.39, 0.29) is 22.6 Å². The molecule has 0 fully saturated rings. The molecule has 0 saturated carbocycles. The van der Waals surface area contributed by atoms with E-state index in [4.69, 9.17) is 18.0 Å². The van der Waals surface area contributed by atoms with Gasteiger partial charge in [-0.2, -0.15) is 4.31 Å². The maximum absolute atomic E-state index is 12.5. The number of sulfonamides is 1. The van der Waals surface area contributed by atoms with Gasteiger partial charge in [0.1, 0.15) is 5.82 Å². The first kappa shape index (κ1) is 16.1. The van der Waals surface area contributed by atoms with Crippen LogP contribution in [-0.2, 0) is 16.6 Å². The van der Waals surface area contributed by atoms with Gasteiger partial charge in [0.15, 0.2) is 5.03 Å². The summed E-state index contributed by atoms with van der Waals surface area (Å²) in [7, 11) is -3.67. The normalized spacial score (nSPS) is 12.3. The summed E-state index contributed by atoms with van der Waals surface area (Å²) in [6.45, 7) is 7.95. The number of hydrogen-bond acceptors (Lipinski definition) is 4. The number of thiocarbonyl (C=S) groups is 1. The highest BCUT2D eigenvalue weighted by atomic mass is 32.2. The number of aryl methyl sites for hydroxylation is 2. The van der Waals surface area contributed by atoms with Gasteiger partial charge in [0.2, 0.25) is 0 Å². The van der Waals surface area contributed by atoms with Crippen molar-refractivity contribution in [1.29, 1.82) is 0 Å². The zero-order valence-electron chi connectivity index (χ0n) is 11.6. The van der Waals surface area contributed by atoms with Crippen LogP contribution in [0.3, 0.4) is 0 Å². The van der Waals surface area contributed by atoms with Gasteiger partial charge in [-0.25, -0.2) is 13.4 Å². The van der Waals surface area contributed by atoms with Crippen molar-refractivity contribution in [3.63, 3.8) is 0 Å². The average molecular weight is 304 g/mol. The van der Waals surface area contributed by atoms with Gasteiger partial charge in [-0.05, 0) is 27.7 Å². The third-order valence-electron chi connectivity index (χ3n) is 2.76. The van der Waals surface area contributed by atoms with Crippen molar-refractivity contribution in [2.75, 3.05) is 6.54 Å². The van der Waals surface area contributed by atoms with Gasteiger partial charge in [-0.1, -0.05) is 12.2 Å². The standard InChI is InChI=1S/C11H20N4O2S2/c1-5-14-7-11(13-9(14)4)19(16,17)15(8(2)3)6-10(12)18/h7-8H,5-6H2,1-4H3,(H2,12,18). The van der Waals surface area contributed by atoms with Crippen LogP contribution >= 0.6 is 12.2 Å². The lowest BCUT2D eigenvalue weighted by molar-refractivity contribution is 0.389. The number of rotatable bonds is 6. The quantitative estimate of drug-likeness (QED) is 0.790. The number of aromatic nitrogens is 2. The summed E-state index contributed by atoms with van der Waals surface area (Å²) in [5.74, 6) is 0.667. The van der Waals surface area contributed by atoms with Gasteiger partial charge in [0.25, 0.3) is 10.0 Å². The molecule has 6 nitrogen and oxygen atoms in total. The Morgan fingerprint density at radius 3 is 2.53 bits per heavy atom. The molecule has 0 aliphatic carbocycles. The Kier molecular flexibility index (Phi) is 5.05. The van der Waals surface area contributed by atoms with Crippen LogP contribution in [0.15, 0.2) is 11.2 Å². The first-order chi connectivity index (χ1) is 8.70. The molecule has 0 radical (unpaired) electrons. The topological polar surface area (TPSA) is 81.2 Å². The highest BCUT2D eigenvalue weighted by Crippen LogP contribution is 2.17. The lowest BCUT2D eigenvalue weighted by Gasteiger charge is -2.24. The summed E-state index contributed by atoms with van der Waals surface area (Å²) < 4.78 is 28.1. The molecule has 0 aliphatic rings. The fourth-order valence-corrected chi connectivity index (χ4v) is 3.58. The third kappa shape index (κ3) is 3.52. The second kappa shape index (κ2) is 5.98. The van der Waals surface area contributed by atoms with Gasteiger partial charge in [-0.15, -0.1) is 0 Å². The summed E-state index contributed by atoms with van der Waals surface area (Å²) in [6.07, 6.45) is 1.54. The molecule has 0 unspecified atom stereocenters. The van der Waals surface area contributed by atoms with Crippen LogP contribution in [0.2, 0.25) is 0 Å². The van der Waals surface area contributed by atoms with Crippen molar-refractivity contribution in [2.24, 2.45) is 5.73 Å². The van der Waals surface area contributed by atoms with E-state index in [0.717, 1.165) is 0 Å². The monoisotopic (exact) mass is 304 g/mol. The van der Waals surface area contributed by atoms with Crippen LogP contribution in [0.5, 0.6) is 0 Å². The minimum absolute atomic E-state index is 0.0212. The van der Waals surface area contributed by atoms with Crippen molar-refractivity contribution in [3.05, 3.63) is 12.0 Å². The average Bonchev–Trinajstić information content (AvgIpc) is 2.67. The van der Waals surface area contributed by atoms with Gasteiger partial charge in [0.05, 0.1) is 11.5 Å². The fourth-order valence-electron chi connectivity index (χ4n) is 1.74. The van der Waals surface area contributed by atoms with E-state index in [1.165, 1.54) is 4.31 Å². The Balaban J connectivity index is 3.22. The van der Waals surface area contributed by atoms with Crippen LogP contribution < -0.4 is 5.73 Å². The van der Waals surface area contributed by atoms with E-state index in [2.05, 4.69) is 4.98 Å². The summed E-state index contributed by atoms with van der Waals surface area (Å²) >= 11 is 4.81. The first-order valence-corrected chi connectivity index (χ1v) is 7.88. The van der Waals surface area contributed by atoms with Gasteiger partial charge < -0.3 is 10.3 Å². The molecule has 1 rings (SSSR count). The van der Waals surface area contributed by atoms with E-state index in [9.17, 15) is 8.42 Å². The molecule has 1 aromatic heterocycles. The molecule has 0 spiro atoms. The van der Waals surface area contributed by atoms with Crippen LogP contribution in [0.25, 0.3) is 0 Å². The van der Waals surface area contributed by atoms with Crippen LogP contribution in [0.1, 0.15) is 26.6 Å². The Bertz CT molecular complexity index is 563. The molecule has 8 heteroatoms. The number of nitrogens with zero attached hydrogens (tertiary/aromatic N) is 3. The SMILES string of the molecule is CCn1cc(S(=O)(=O)N(CC(N)=S)C(C)C)nc1C. The van der Waals surface area contributed by atoms with Crippen LogP contribution in [-0.4, -0.2) is 39.8 Å². The summed E-state index contributed by atoms with van der Waals surface area (Å²) in [5.41, 5.74) is 5.47. The van der Waals surface area contributed by atoms with E-state index in [1.54, 1.807) is 31.5 Å². The summed E-state index contributed by atoms with van der Waals surface area (Å²) in [6, 6.07) is -0.237. The van der Waals surface area contributed by atoms with Crippen molar-refractivity contribution in [3.8, 4) is 0 Å². The molecule has 2 N–H and O–H groups in total. The smallest absolute Gasteiger partial charge is 0.262 e. The minimum Gasteiger partial charge on any atom is -0.392 e. The Hall–Kier alpha value is -0.990. The van der Waals surface area contributed by atoms with Crippen molar-refractivity contribution < 1.29 is 8.42 Å². The predicted molar refractivity (Wildman–Crippen MR) is 78.5 cm³/mol. The van der Waals surface area contributed by atoms with E-state index < -0.39 is 10.0 Å². The highest BCUT2D eigenvalue weighted by molar-refractivity contribution is 7.89. The Morgan fingerprint density at radius 1 is 1.58 bits per heavy atom. The van der Waals surface area contributed by atoms with Crippen LogP contribution in [0, 0.1) is 6.92 Å². The Labute approximate surface area is 119 Å².